The molecule has 0 bridgehead atoms. The van der Waals surface area contributed by atoms with Crippen molar-refractivity contribution < 1.29 is 19.1 Å². The van der Waals surface area contributed by atoms with Crippen molar-refractivity contribution in [3.63, 3.8) is 0 Å². The van der Waals surface area contributed by atoms with Crippen LogP contribution in [0.4, 0.5) is 0 Å². The lowest BCUT2D eigenvalue weighted by Gasteiger charge is -2.18. The maximum atomic E-state index is 12.4. The Morgan fingerprint density at radius 1 is 0.767 bits per heavy atom. The number of esters is 2. The quantitative estimate of drug-likeness (QED) is 0.186. The van der Waals surface area contributed by atoms with Crippen LogP contribution in [0.5, 0.6) is 0 Å². The Morgan fingerprint density at radius 3 is 1.87 bits per heavy atom. The van der Waals surface area contributed by atoms with E-state index in [9.17, 15) is 9.59 Å². The van der Waals surface area contributed by atoms with Gasteiger partial charge >= 0.3 is 11.9 Å². The summed E-state index contributed by atoms with van der Waals surface area (Å²) in [6, 6.07) is 9.31. The second-order valence-electron chi connectivity index (χ2n) is 8.19. The molecule has 0 fully saturated rings. The molecule has 0 saturated heterocycles. The Bertz CT molecular complexity index is 555. The fraction of sp³-hybridized carbons (Fsp3) is 0.692. The molecule has 0 heterocycles. The Kier molecular flexibility index (Phi) is 15.7. The monoisotopic (exact) mass is 418 g/mol. The lowest BCUT2D eigenvalue weighted by molar-refractivity contribution is -0.140. The predicted molar refractivity (Wildman–Crippen MR) is 123 cm³/mol. The molecule has 1 aromatic carbocycles. The number of benzene rings is 1. The molecule has 0 aliphatic carbocycles. The van der Waals surface area contributed by atoms with Crippen LogP contribution >= 0.6 is 0 Å². The van der Waals surface area contributed by atoms with E-state index >= 15 is 0 Å². The molecule has 170 valence electrons. The Hall–Kier alpha value is -1.84. The van der Waals surface area contributed by atoms with Crippen molar-refractivity contribution in [3.8, 4) is 0 Å². The minimum absolute atomic E-state index is 0.0351. The van der Waals surface area contributed by atoms with Crippen LogP contribution in [0, 0.1) is 0 Å². The summed E-state index contributed by atoms with van der Waals surface area (Å²) in [6.45, 7) is 2.21. The van der Waals surface area contributed by atoms with Gasteiger partial charge in [-0.25, -0.2) is 4.79 Å². The maximum Gasteiger partial charge on any atom is 0.338 e. The third-order valence-corrected chi connectivity index (χ3v) is 5.55. The molecule has 1 rings (SSSR count). The zero-order valence-electron chi connectivity index (χ0n) is 19.2. The minimum atomic E-state index is -0.192. The summed E-state index contributed by atoms with van der Waals surface area (Å²) < 4.78 is 10.5. The molecular formula is C26H42O4. The summed E-state index contributed by atoms with van der Waals surface area (Å²) in [4.78, 5) is 23.5. The van der Waals surface area contributed by atoms with E-state index in [4.69, 9.17) is 4.74 Å². The second-order valence-corrected chi connectivity index (χ2v) is 8.19. The fourth-order valence-electron chi connectivity index (χ4n) is 3.66. The first-order valence-electron chi connectivity index (χ1n) is 12.0. The molecule has 0 radical (unpaired) electrons. The zero-order chi connectivity index (χ0) is 21.9. The Balaban J connectivity index is 2.19. The van der Waals surface area contributed by atoms with Crippen molar-refractivity contribution in [1.29, 1.82) is 0 Å². The van der Waals surface area contributed by atoms with Gasteiger partial charge in [0.15, 0.2) is 0 Å². The molecule has 0 amide bonds. The SMILES string of the molecule is CCCCCC[C@H](CCCCCCCCCCC(=O)OC)OC(=O)c1ccccc1. The smallest absolute Gasteiger partial charge is 0.338 e. The van der Waals surface area contributed by atoms with Crippen LogP contribution in [0.3, 0.4) is 0 Å². The molecule has 0 unspecified atom stereocenters. The molecule has 0 aliphatic heterocycles. The van der Waals surface area contributed by atoms with E-state index in [1.165, 1.54) is 58.5 Å². The van der Waals surface area contributed by atoms with Gasteiger partial charge in [0.25, 0.3) is 0 Å². The first-order valence-corrected chi connectivity index (χ1v) is 12.0. The number of hydrogen-bond donors (Lipinski definition) is 0. The van der Waals surface area contributed by atoms with Crippen LogP contribution in [0.2, 0.25) is 0 Å². The first kappa shape index (κ1) is 26.2. The molecule has 0 saturated carbocycles. The minimum Gasteiger partial charge on any atom is -0.469 e. The van der Waals surface area contributed by atoms with Crippen LogP contribution in [0.25, 0.3) is 0 Å². The highest BCUT2D eigenvalue weighted by Crippen LogP contribution is 2.18. The molecule has 0 aromatic heterocycles. The fourth-order valence-corrected chi connectivity index (χ4v) is 3.66. The molecule has 1 aromatic rings. The van der Waals surface area contributed by atoms with Crippen molar-refractivity contribution in [1.82, 2.24) is 0 Å². The lowest BCUT2D eigenvalue weighted by atomic mass is 10.0. The van der Waals surface area contributed by atoms with Gasteiger partial charge in [-0.05, 0) is 44.2 Å². The van der Waals surface area contributed by atoms with Gasteiger partial charge in [-0.1, -0.05) is 82.9 Å². The van der Waals surface area contributed by atoms with Crippen LogP contribution in [-0.2, 0) is 14.3 Å². The largest absolute Gasteiger partial charge is 0.469 e. The summed E-state index contributed by atoms with van der Waals surface area (Å²) in [7, 11) is 1.45. The van der Waals surface area contributed by atoms with Crippen LogP contribution < -0.4 is 0 Å². The summed E-state index contributed by atoms with van der Waals surface area (Å²) in [5.41, 5.74) is 0.642. The lowest BCUT2D eigenvalue weighted by Crippen LogP contribution is -2.18. The number of unbranched alkanes of at least 4 members (excludes halogenated alkanes) is 10. The van der Waals surface area contributed by atoms with Crippen LogP contribution in [-0.4, -0.2) is 25.2 Å². The van der Waals surface area contributed by atoms with Gasteiger partial charge in [-0.3, -0.25) is 4.79 Å². The van der Waals surface area contributed by atoms with Crippen molar-refractivity contribution in [2.75, 3.05) is 7.11 Å². The van der Waals surface area contributed by atoms with Crippen LogP contribution in [0.1, 0.15) is 114 Å². The van der Waals surface area contributed by atoms with Crippen molar-refractivity contribution >= 4 is 11.9 Å². The van der Waals surface area contributed by atoms with E-state index < -0.39 is 0 Å². The maximum absolute atomic E-state index is 12.4. The van der Waals surface area contributed by atoms with Crippen molar-refractivity contribution in [3.05, 3.63) is 35.9 Å². The number of carbonyl (C=O) groups excluding carboxylic acids is 2. The summed E-state index contributed by atoms with van der Waals surface area (Å²) in [5.74, 6) is -0.296. The molecule has 30 heavy (non-hydrogen) atoms. The average Bonchev–Trinajstić information content (AvgIpc) is 2.77. The highest BCUT2D eigenvalue weighted by atomic mass is 16.5. The average molecular weight is 419 g/mol. The number of carbonyl (C=O) groups is 2. The van der Waals surface area contributed by atoms with E-state index in [1.54, 1.807) is 0 Å². The van der Waals surface area contributed by atoms with Gasteiger partial charge in [0, 0.05) is 6.42 Å². The van der Waals surface area contributed by atoms with Gasteiger partial charge in [-0.2, -0.15) is 0 Å². The van der Waals surface area contributed by atoms with E-state index in [0.717, 1.165) is 38.5 Å². The summed E-state index contributed by atoms with van der Waals surface area (Å²) in [6.07, 6.45) is 16.5. The second kappa shape index (κ2) is 18.0. The highest BCUT2D eigenvalue weighted by Gasteiger charge is 2.15. The Labute approximate surface area is 183 Å². The van der Waals surface area contributed by atoms with Gasteiger partial charge in [-0.15, -0.1) is 0 Å². The normalized spacial score (nSPS) is 11.8. The van der Waals surface area contributed by atoms with E-state index in [0.29, 0.717) is 12.0 Å². The molecular weight excluding hydrogens is 376 g/mol. The van der Waals surface area contributed by atoms with Gasteiger partial charge in [0.2, 0.25) is 0 Å². The third kappa shape index (κ3) is 13.4. The van der Waals surface area contributed by atoms with Gasteiger partial charge in [0.1, 0.15) is 6.10 Å². The number of ether oxygens (including phenoxy) is 2. The van der Waals surface area contributed by atoms with Crippen LogP contribution in [0.15, 0.2) is 30.3 Å². The third-order valence-electron chi connectivity index (χ3n) is 5.55. The summed E-state index contributed by atoms with van der Waals surface area (Å²) in [5, 5.41) is 0. The van der Waals surface area contributed by atoms with E-state index in [2.05, 4.69) is 11.7 Å². The number of methoxy groups -OCH3 is 1. The van der Waals surface area contributed by atoms with Gasteiger partial charge in [0.05, 0.1) is 12.7 Å². The summed E-state index contributed by atoms with van der Waals surface area (Å²) >= 11 is 0. The van der Waals surface area contributed by atoms with Crippen molar-refractivity contribution in [2.24, 2.45) is 0 Å². The molecule has 0 N–H and O–H groups in total. The van der Waals surface area contributed by atoms with E-state index in [1.807, 2.05) is 30.3 Å². The van der Waals surface area contributed by atoms with E-state index in [-0.39, 0.29) is 18.0 Å². The first-order chi connectivity index (χ1) is 14.7. The Morgan fingerprint density at radius 2 is 1.30 bits per heavy atom. The molecule has 0 spiro atoms. The number of hydrogen-bond acceptors (Lipinski definition) is 4. The van der Waals surface area contributed by atoms with Gasteiger partial charge < -0.3 is 9.47 Å². The molecule has 4 heteroatoms. The predicted octanol–water partition coefficient (Wildman–Crippen LogP) is 7.26. The molecule has 4 nitrogen and oxygen atoms in total. The highest BCUT2D eigenvalue weighted by molar-refractivity contribution is 5.89. The zero-order valence-corrected chi connectivity index (χ0v) is 19.2. The standard InChI is InChI=1S/C26H42O4/c1-3-4-5-15-20-24(30-26(28)23-18-13-12-14-19-23)21-16-10-8-6-7-9-11-17-22-25(27)29-2/h12-14,18-19,24H,3-11,15-17,20-22H2,1-2H3/t24-/m1/s1. The van der Waals surface area contributed by atoms with Crippen molar-refractivity contribution in [2.45, 2.75) is 109 Å². The number of rotatable bonds is 18. The topological polar surface area (TPSA) is 52.6 Å². The molecule has 1 atom stereocenters. The molecule has 0 aliphatic rings.